The Balaban J connectivity index is 1.69. The minimum atomic E-state index is -0.207. The molecule has 2 amide bonds. The van der Waals surface area contributed by atoms with Gasteiger partial charge in [-0.15, -0.1) is 0 Å². The van der Waals surface area contributed by atoms with Gasteiger partial charge < -0.3 is 15.4 Å². The van der Waals surface area contributed by atoms with Gasteiger partial charge in [0.15, 0.2) is 0 Å². The summed E-state index contributed by atoms with van der Waals surface area (Å²) in [6.45, 7) is 1.36. The van der Waals surface area contributed by atoms with Gasteiger partial charge in [-0.1, -0.05) is 6.07 Å². The van der Waals surface area contributed by atoms with Crippen LogP contribution in [-0.4, -0.2) is 37.1 Å². The van der Waals surface area contributed by atoms with Crippen LogP contribution in [0.3, 0.4) is 0 Å². The Bertz CT molecular complexity index is 464. The van der Waals surface area contributed by atoms with E-state index in [2.05, 4.69) is 15.6 Å². The number of nitrogens with zero attached hydrogens (tertiary/aromatic N) is 1. The Morgan fingerprint density at radius 1 is 1.30 bits per heavy atom. The number of carbonyl (C=O) groups excluding carboxylic acids is 2. The van der Waals surface area contributed by atoms with Crippen molar-refractivity contribution in [3.8, 4) is 0 Å². The van der Waals surface area contributed by atoms with Crippen LogP contribution in [0.1, 0.15) is 12.1 Å². The van der Waals surface area contributed by atoms with Gasteiger partial charge in [0.05, 0.1) is 30.7 Å². The zero-order valence-electron chi connectivity index (χ0n) is 11.5. The fourth-order valence-electron chi connectivity index (χ4n) is 1.99. The highest BCUT2D eigenvalue weighted by Crippen LogP contribution is 2.38. The van der Waals surface area contributed by atoms with Crippen LogP contribution in [0.25, 0.3) is 0 Å². The molecule has 2 unspecified atom stereocenters. The molecule has 1 heterocycles. The molecule has 2 N–H and O–H groups in total. The van der Waals surface area contributed by atoms with Crippen molar-refractivity contribution in [3.63, 3.8) is 0 Å². The van der Waals surface area contributed by atoms with Crippen LogP contribution in [-0.2, 0) is 20.9 Å². The van der Waals surface area contributed by atoms with Crippen molar-refractivity contribution in [3.05, 3.63) is 30.1 Å². The van der Waals surface area contributed by atoms with E-state index in [-0.39, 0.29) is 23.7 Å². The smallest absolute Gasteiger partial charge is 0.224 e. The summed E-state index contributed by atoms with van der Waals surface area (Å²) >= 11 is 0. The second kappa shape index (κ2) is 7.00. The van der Waals surface area contributed by atoms with Gasteiger partial charge in [-0.25, -0.2) is 0 Å². The lowest BCUT2D eigenvalue weighted by molar-refractivity contribution is -0.127. The molecule has 0 aromatic carbocycles. The molecule has 0 saturated heterocycles. The second-order valence-electron chi connectivity index (χ2n) is 4.77. The summed E-state index contributed by atoms with van der Waals surface area (Å²) < 4.78 is 4.85. The molecule has 1 aromatic rings. The summed E-state index contributed by atoms with van der Waals surface area (Å²) in [7, 11) is 1.58. The normalized spacial score (nSPS) is 20.2. The standard InChI is InChI=1S/C14H19N3O3/c1-20-7-6-16-13(18)11-8-12(11)14(19)17-9-10-4-2-3-5-15-10/h2-5,11-12H,6-9H2,1H3,(H,16,18)(H,17,19). The highest BCUT2D eigenvalue weighted by atomic mass is 16.5. The molecule has 1 aliphatic carbocycles. The molecule has 1 saturated carbocycles. The Morgan fingerprint density at radius 3 is 2.70 bits per heavy atom. The third-order valence-electron chi connectivity index (χ3n) is 3.24. The number of carbonyl (C=O) groups is 2. The van der Waals surface area contributed by atoms with Crippen LogP contribution in [0.5, 0.6) is 0 Å². The van der Waals surface area contributed by atoms with Crippen molar-refractivity contribution < 1.29 is 14.3 Å². The van der Waals surface area contributed by atoms with E-state index in [1.54, 1.807) is 13.3 Å². The number of nitrogens with one attached hydrogen (secondary N) is 2. The van der Waals surface area contributed by atoms with Gasteiger partial charge in [-0.05, 0) is 18.6 Å². The molecule has 20 heavy (non-hydrogen) atoms. The quantitative estimate of drug-likeness (QED) is 0.693. The Morgan fingerprint density at radius 2 is 2.05 bits per heavy atom. The SMILES string of the molecule is COCCNC(=O)C1CC1C(=O)NCc1ccccn1. The topological polar surface area (TPSA) is 80.3 Å². The fraction of sp³-hybridized carbons (Fsp3) is 0.500. The monoisotopic (exact) mass is 277 g/mol. The van der Waals surface area contributed by atoms with Crippen molar-refractivity contribution in [2.24, 2.45) is 11.8 Å². The first-order valence-corrected chi connectivity index (χ1v) is 6.66. The second-order valence-corrected chi connectivity index (χ2v) is 4.77. The average molecular weight is 277 g/mol. The molecule has 0 radical (unpaired) electrons. The molecular formula is C14H19N3O3. The van der Waals surface area contributed by atoms with Crippen molar-refractivity contribution in [2.45, 2.75) is 13.0 Å². The van der Waals surface area contributed by atoms with Crippen LogP contribution in [0.2, 0.25) is 0 Å². The number of amides is 2. The summed E-state index contributed by atoms with van der Waals surface area (Å²) in [5.41, 5.74) is 0.808. The van der Waals surface area contributed by atoms with Crippen molar-refractivity contribution in [2.75, 3.05) is 20.3 Å². The predicted octanol–water partition coefficient (Wildman–Crippen LogP) is 0.0965. The van der Waals surface area contributed by atoms with E-state index in [1.165, 1.54) is 0 Å². The fourth-order valence-corrected chi connectivity index (χ4v) is 1.99. The molecule has 1 aliphatic rings. The molecule has 1 fully saturated rings. The van der Waals surface area contributed by atoms with Gasteiger partial charge >= 0.3 is 0 Å². The van der Waals surface area contributed by atoms with Gasteiger partial charge in [0.2, 0.25) is 11.8 Å². The number of pyridine rings is 1. The molecule has 0 bridgehead atoms. The van der Waals surface area contributed by atoms with E-state index in [4.69, 9.17) is 4.74 Å². The maximum absolute atomic E-state index is 11.9. The third kappa shape index (κ3) is 4.03. The first-order valence-electron chi connectivity index (χ1n) is 6.66. The van der Waals surface area contributed by atoms with Crippen LogP contribution in [0.4, 0.5) is 0 Å². The zero-order chi connectivity index (χ0) is 14.4. The zero-order valence-corrected chi connectivity index (χ0v) is 11.5. The molecule has 0 aliphatic heterocycles. The molecule has 6 nitrogen and oxygen atoms in total. The van der Waals surface area contributed by atoms with E-state index in [9.17, 15) is 9.59 Å². The lowest BCUT2D eigenvalue weighted by Crippen LogP contribution is -2.31. The maximum atomic E-state index is 11.9. The van der Waals surface area contributed by atoms with E-state index < -0.39 is 0 Å². The summed E-state index contributed by atoms with van der Waals surface area (Å²) in [6, 6.07) is 5.55. The van der Waals surface area contributed by atoms with Crippen LogP contribution < -0.4 is 10.6 Å². The van der Waals surface area contributed by atoms with Gasteiger partial charge in [-0.2, -0.15) is 0 Å². The average Bonchev–Trinajstić information content (AvgIpc) is 3.26. The summed E-state index contributed by atoms with van der Waals surface area (Å²) in [5, 5.41) is 5.55. The largest absolute Gasteiger partial charge is 0.383 e. The van der Waals surface area contributed by atoms with Crippen LogP contribution >= 0.6 is 0 Å². The maximum Gasteiger partial charge on any atom is 0.224 e. The van der Waals surface area contributed by atoms with Gasteiger partial charge in [0, 0.05) is 19.9 Å². The Labute approximate surface area is 117 Å². The van der Waals surface area contributed by atoms with E-state index in [1.807, 2.05) is 18.2 Å². The number of rotatable bonds is 7. The highest BCUT2D eigenvalue weighted by Gasteiger charge is 2.47. The summed E-state index contributed by atoms with van der Waals surface area (Å²) in [5.74, 6) is -0.556. The van der Waals surface area contributed by atoms with Crippen molar-refractivity contribution in [1.82, 2.24) is 15.6 Å². The summed E-state index contributed by atoms with van der Waals surface area (Å²) in [4.78, 5) is 27.7. The minimum absolute atomic E-state index is 0.0694. The molecule has 0 spiro atoms. The van der Waals surface area contributed by atoms with Crippen LogP contribution in [0, 0.1) is 11.8 Å². The van der Waals surface area contributed by atoms with E-state index in [0.717, 1.165) is 5.69 Å². The first-order chi connectivity index (χ1) is 9.72. The Hall–Kier alpha value is -1.95. The summed E-state index contributed by atoms with van der Waals surface area (Å²) in [6.07, 6.45) is 2.30. The minimum Gasteiger partial charge on any atom is -0.383 e. The number of aromatic nitrogens is 1. The van der Waals surface area contributed by atoms with Crippen molar-refractivity contribution >= 4 is 11.8 Å². The number of methoxy groups -OCH3 is 1. The number of ether oxygens (including phenoxy) is 1. The highest BCUT2D eigenvalue weighted by molar-refractivity contribution is 5.92. The lowest BCUT2D eigenvalue weighted by Gasteiger charge is -2.05. The molecule has 6 heteroatoms. The Kier molecular flexibility index (Phi) is 5.06. The van der Waals surface area contributed by atoms with Gasteiger partial charge in [-0.3, -0.25) is 14.6 Å². The van der Waals surface area contributed by atoms with E-state index >= 15 is 0 Å². The molecule has 2 atom stereocenters. The predicted molar refractivity (Wildman–Crippen MR) is 72.6 cm³/mol. The molecule has 108 valence electrons. The first kappa shape index (κ1) is 14.5. The lowest BCUT2D eigenvalue weighted by atomic mass is 10.2. The molecule has 1 aromatic heterocycles. The van der Waals surface area contributed by atoms with Gasteiger partial charge in [0.1, 0.15) is 0 Å². The van der Waals surface area contributed by atoms with Crippen molar-refractivity contribution in [1.29, 1.82) is 0 Å². The van der Waals surface area contributed by atoms with Gasteiger partial charge in [0.25, 0.3) is 0 Å². The number of hydrogen-bond donors (Lipinski definition) is 2. The third-order valence-corrected chi connectivity index (χ3v) is 3.24. The van der Waals surface area contributed by atoms with Crippen LogP contribution in [0.15, 0.2) is 24.4 Å². The molecular weight excluding hydrogens is 258 g/mol. The number of hydrogen-bond acceptors (Lipinski definition) is 4. The van der Waals surface area contributed by atoms with E-state index in [0.29, 0.717) is 26.1 Å². The molecule has 2 rings (SSSR count).